The molecule has 0 spiro atoms. The number of benzene rings is 3. The highest BCUT2D eigenvalue weighted by atomic mass is 32.2. The number of H-pyrrole nitrogens is 1. The zero-order valence-corrected chi connectivity index (χ0v) is 22.7. The average molecular weight is 552 g/mol. The van der Waals surface area contributed by atoms with Crippen molar-refractivity contribution in [3.05, 3.63) is 84.1 Å². The number of aliphatic hydroxyl groups excluding tert-OH is 1. The third-order valence-corrected chi connectivity index (χ3v) is 7.55. The zero-order valence-electron chi connectivity index (χ0n) is 21.9. The Morgan fingerprint density at radius 2 is 1.87 bits per heavy atom. The van der Waals surface area contributed by atoms with E-state index >= 15 is 0 Å². The van der Waals surface area contributed by atoms with Crippen molar-refractivity contribution in [2.45, 2.75) is 23.8 Å². The van der Waals surface area contributed by atoms with Gasteiger partial charge in [0.2, 0.25) is 5.91 Å². The minimum Gasteiger partial charge on any atom is -0.492 e. The number of sulfonamides is 1. The fourth-order valence-electron chi connectivity index (χ4n) is 4.01. The topological polar surface area (TPSA) is 137 Å². The summed E-state index contributed by atoms with van der Waals surface area (Å²) in [6.07, 6.45) is 0.132. The van der Waals surface area contributed by atoms with Gasteiger partial charge in [-0.25, -0.2) is 8.42 Å². The molecule has 1 heterocycles. The maximum Gasteiger partial charge on any atom is 0.261 e. The zero-order chi connectivity index (χ0) is 27.8. The van der Waals surface area contributed by atoms with Gasteiger partial charge in [-0.1, -0.05) is 30.3 Å². The molecule has 0 saturated heterocycles. The molecule has 0 saturated carbocycles. The molecule has 4 aromatic rings. The van der Waals surface area contributed by atoms with E-state index in [0.717, 1.165) is 16.6 Å². The number of hydrogen-bond donors (Lipinski definition) is 4. The van der Waals surface area contributed by atoms with Crippen LogP contribution in [-0.4, -0.2) is 68.3 Å². The van der Waals surface area contributed by atoms with Crippen molar-refractivity contribution < 1.29 is 23.1 Å². The minimum atomic E-state index is -3.71. The molecule has 0 radical (unpaired) electrons. The normalized spacial score (nSPS) is 12.3. The number of aromatic amines is 1. The monoisotopic (exact) mass is 551 g/mol. The largest absolute Gasteiger partial charge is 0.492 e. The lowest BCUT2D eigenvalue weighted by molar-refractivity contribution is -0.128. The number of nitrogens with one attached hydrogen (secondary N) is 3. The molecule has 1 atom stereocenters. The Morgan fingerprint density at radius 1 is 1.08 bits per heavy atom. The summed E-state index contributed by atoms with van der Waals surface area (Å²) in [4.78, 5) is 13.6. The molecule has 10 nitrogen and oxygen atoms in total. The van der Waals surface area contributed by atoms with Gasteiger partial charge in [0.25, 0.3) is 10.0 Å². The van der Waals surface area contributed by atoms with Crippen molar-refractivity contribution in [3.8, 4) is 5.75 Å². The predicted octanol–water partition coefficient (Wildman–Crippen LogP) is 3.09. The number of aryl methyl sites for hydroxylation is 1. The smallest absolute Gasteiger partial charge is 0.261 e. The molecule has 1 amide bonds. The third-order valence-electron chi connectivity index (χ3n) is 6.15. The highest BCUT2D eigenvalue weighted by molar-refractivity contribution is 7.92. The third kappa shape index (κ3) is 7.56. The van der Waals surface area contributed by atoms with Gasteiger partial charge in [0.05, 0.1) is 22.2 Å². The second-order valence-electron chi connectivity index (χ2n) is 9.28. The van der Waals surface area contributed by atoms with Crippen LogP contribution in [0.1, 0.15) is 23.8 Å². The summed E-state index contributed by atoms with van der Waals surface area (Å²) < 4.78 is 33.5. The van der Waals surface area contributed by atoms with Crippen molar-refractivity contribution in [2.75, 3.05) is 38.5 Å². The van der Waals surface area contributed by atoms with Crippen molar-refractivity contribution in [2.24, 2.45) is 0 Å². The van der Waals surface area contributed by atoms with Crippen LogP contribution in [0.15, 0.2) is 77.7 Å². The summed E-state index contributed by atoms with van der Waals surface area (Å²) in [5.74, 6) is 0.743. The van der Waals surface area contributed by atoms with E-state index in [4.69, 9.17) is 4.74 Å². The predicted molar refractivity (Wildman–Crippen MR) is 150 cm³/mol. The molecule has 0 aliphatic carbocycles. The first-order valence-corrected chi connectivity index (χ1v) is 14.1. The highest BCUT2D eigenvalue weighted by Crippen LogP contribution is 2.23. The van der Waals surface area contributed by atoms with Gasteiger partial charge in [-0.3, -0.25) is 14.6 Å². The van der Waals surface area contributed by atoms with E-state index in [1.165, 1.54) is 12.1 Å². The molecule has 39 heavy (non-hydrogen) atoms. The molecule has 0 aliphatic rings. The number of amides is 1. The van der Waals surface area contributed by atoms with Crippen LogP contribution >= 0.6 is 0 Å². The summed E-state index contributed by atoms with van der Waals surface area (Å²) in [5.41, 5.74) is 2.65. The number of aliphatic hydroxyl groups is 1. The number of hydrogen-bond acceptors (Lipinski definition) is 7. The van der Waals surface area contributed by atoms with Gasteiger partial charge in [-0.2, -0.15) is 5.10 Å². The first-order valence-electron chi connectivity index (χ1n) is 12.6. The lowest BCUT2D eigenvalue weighted by Gasteiger charge is -2.15. The number of fused-ring (bicyclic) bond motifs is 1. The van der Waals surface area contributed by atoms with Gasteiger partial charge >= 0.3 is 0 Å². The van der Waals surface area contributed by atoms with E-state index < -0.39 is 16.1 Å². The van der Waals surface area contributed by atoms with Crippen LogP contribution in [0, 0.1) is 0 Å². The summed E-state index contributed by atoms with van der Waals surface area (Å²) in [6, 6.07) is 20.5. The van der Waals surface area contributed by atoms with Crippen LogP contribution in [0.25, 0.3) is 10.9 Å². The van der Waals surface area contributed by atoms with Crippen molar-refractivity contribution >= 4 is 32.5 Å². The van der Waals surface area contributed by atoms with Crippen LogP contribution in [0.5, 0.6) is 5.75 Å². The van der Waals surface area contributed by atoms with Crippen molar-refractivity contribution in [1.82, 2.24) is 20.4 Å². The summed E-state index contributed by atoms with van der Waals surface area (Å²) >= 11 is 0. The summed E-state index contributed by atoms with van der Waals surface area (Å²) in [5, 5.41) is 22.0. The first-order chi connectivity index (χ1) is 18.7. The van der Waals surface area contributed by atoms with E-state index in [9.17, 15) is 18.3 Å². The van der Waals surface area contributed by atoms with Gasteiger partial charge in [-0.05, 0) is 42.0 Å². The first kappa shape index (κ1) is 28.1. The fourth-order valence-corrected chi connectivity index (χ4v) is 5.08. The van der Waals surface area contributed by atoms with Crippen LogP contribution in [0.3, 0.4) is 0 Å². The molecule has 1 aromatic heterocycles. The molecular formula is C28H33N5O5S. The van der Waals surface area contributed by atoms with E-state index in [1.54, 1.807) is 61.5 Å². The highest BCUT2D eigenvalue weighted by Gasteiger charge is 2.15. The van der Waals surface area contributed by atoms with Gasteiger partial charge in [0, 0.05) is 57.2 Å². The van der Waals surface area contributed by atoms with Crippen LogP contribution < -0.4 is 14.8 Å². The maximum absolute atomic E-state index is 12.6. The molecule has 0 fully saturated rings. The van der Waals surface area contributed by atoms with E-state index in [0.29, 0.717) is 43.0 Å². The van der Waals surface area contributed by atoms with Gasteiger partial charge in [-0.15, -0.1) is 0 Å². The maximum atomic E-state index is 12.6. The number of rotatable bonds is 13. The van der Waals surface area contributed by atoms with Crippen LogP contribution in [0.2, 0.25) is 0 Å². The lowest BCUT2D eigenvalue weighted by atomic mass is 10.1. The van der Waals surface area contributed by atoms with E-state index in [2.05, 4.69) is 20.2 Å². The Kier molecular flexibility index (Phi) is 9.18. The summed E-state index contributed by atoms with van der Waals surface area (Å²) in [7, 11) is -0.238. The van der Waals surface area contributed by atoms with E-state index in [1.807, 2.05) is 18.2 Å². The Hall–Kier alpha value is -3.93. The van der Waals surface area contributed by atoms with Gasteiger partial charge in [0.15, 0.2) is 0 Å². The molecular weight excluding hydrogens is 518 g/mol. The quantitative estimate of drug-likeness (QED) is 0.188. The van der Waals surface area contributed by atoms with Crippen molar-refractivity contribution in [3.63, 3.8) is 0 Å². The molecule has 4 N–H and O–H groups in total. The molecule has 206 valence electrons. The Balaban J connectivity index is 1.23. The number of aromatic nitrogens is 2. The molecule has 0 bridgehead atoms. The molecule has 11 heteroatoms. The van der Waals surface area contributed by atoms with Crippen molar-refractivity contribution in [1.29, 1.82) is 0 Å². The average Bonchev–Trinajstić information content (AvgIpc) is 3.34. The van der Waals surface area contributed by atoms with E-state index in [-0.39, 0.29) is 17.3 Å². The molecule has 3 aromatic carbocycles. The minimum absolute atomic E-state index is 0.0593. The second kappa shape index (κ2) is 12.7. The number of carbonyl (C=O) groups excluding carboxylic acids is 1. The molecule has 0 aliphatic heterocycles. The van der Waals surface area contributed by atoms with Crippen LogP contribution in [0.4, 0.5) is 5.69 Å². The molecule has 4 rings (SSSR count). The number of nitrogens with zero attached hydrogens (tertiary/aromatic N) is 2. The fraction of sp³-hybridized carbons (Fsp3) is 0.286. The number of ether oxygens (including phenoxy) is 1. The summed E-state index contributed by atoms with van der Waals surface area (Å²) in [6.45, 7) is 1.15. The van der Waals surface area contributed by atoms with Crippen LogP contribution in [-0.2, 0) is 21.2 Å². The van der Waals surface area contributed by atoms with Gasteiger partial charge < -0.3 is 20.1 Å². The second-order valence-corrected chi connectivity index (χ2v) is 11.0. The Morgan fingerprint density at radius 3 is 2.64 bits per heavy atom. The standard InChI is InChI=1S/C28H33N5O5S/c1-33(2)28(35)14-13-25-24-12-11-22(18-26(24)31-30-25)38-16-15-29-19-27(34)20-7-6-8-21(17-20)32-39(36,37)23-9-4-3-5-10-23/h3-12,17-18,27,29,32,34H,13-16,19H2,1-2H3,(H,30,31). The Bertz CT molecular complexity index is 1510. The lowest BCUT2D eigenvalue weighted by Crippen LogP contribution is -2.26. The SMILES string of the molecule is CN(C)C(=O)CCc1n[nH]c2cc(OCCNCC(O)c3cccc(NS(=O)(=O)c4ccccc4)c3)ccc12. The molecule has 1 unspecified atom stereocenters. The van der Waals surface area contributed by atoms with Gasteiger partial charge in [0.1, 0.15) is 12.4 Å². The number of carbonyl (C=O) groups is 1. The number of anilines is 1. The Labute approximate surface area is 228 Å².